The zero-order valence-corrected chi connectivity index (χ0v) is 21.5. The third kappa shape index (κ3) is 7.59. The maximum Gasteiger partial charge on any atom is 0.277 e. The molecule has 182 valence electrons. The van der Waals surface area contributed by atoms with E-state index in [9.17, 15) is 4.79 Å². The maximum absolute atomic E-state index is 12.1. The Labute approximate surface area is 218 Å². The lowest BCUT2D eigenvalue weighted by Crippen LogP contribution is -2.24. The van der Waals surface area contributed by atoms with Gasteiger partial charge >= 0.3 is 0 Å². The molecule has 1 fully saturated rings. The second-order valence-corrected chi connectivity index (χ2v) is 10.7. The Morgan fingerprint density at radius 3 is 2.49 bits per heavy atom. The second-order valence-electron chi connectivity index (χ2n) is 7.55. The molecule has 1 N–H and O–H groups in total. The number of halogens is 1. The second kappa shape index (κ2) is 12.8. The molecule has 1 amide bonds. The first-order valence-corrected chi connectivity index (χ1v) is 13.4. The van der Waals surface area contributed by atoms with Gasteiger partial charge in [0.05, 0.1) is 17.9 Å². The van der Waals surface area contributed by atoms with E-state index in [1.165, 1.54) is 23.3 Å². The van der Waals surface area contributed by atoms with Crippen LogP contribution in [0.5, 0.6) is 17.2 Å². The van der Waals surface area contributed by atoms with Gasteiger partial charge in [-0.2, -0.15) is 5.10 Å². The largest absolute Gasteiger partial charge is 0.493 e. The number of hydrazone groups is 1. The van der Waals surface area contributed by atoms with Crippen LogP contribution < -0.4 is 19.6 Å². The van der Waals surface area contributed by atoms with Crippen LogP contribution in [-0.4, -0.2) is 37.3 Å². The van der Waals surface area contributed by atoms with Gasteiger partial charge in [-0.15, -0.1) is 23.5 Å². The van der Waals surface area contributed by atoms with Crippen molar-refractivity contribution in [2.45, 2.75) is 11.2 Å². The van der Waals surface area contributed by atoms with Crippen molar-refractivity contribution in [1.82, 2.24) is 5.43 Å². The first kappa shape index (κ1) is 25.3. The van der Waals surface area contributed by atoms with Gasteiger partial charge in [0.25, 0.3) is 5.91 Å². The molecule has 0 atom stereocenters. The van der Waals surface area contributed by atoms with Crippen LogP contribution in [0.15, 0.2) is 71.8 Å². The molecule has 0 radical (unpaired) electrons. The highest BCUT2D eigenvalue weighted by Crippen LogP contribution is 2.45. The van der Waals surface area contributed by atoms with Crippen molar-refractivity contribution in [2.24, 2.45) is 5.10 Å². The summed E-state index contributed by atoms with van der Waals surface area (Å²) < 4.78 is 17.3. The lowest BCUT2D eigenvalue weighted by Gasteiger charge is -2.11. The number of methoxy groups -OCH3 is 1. The summed E-state index contributed by atoms with van der Waals surface area (Å²) in [6.45, 7) is 0.267. The third-order valence-electron chi connectivity index (χ3n) is 5.04. The molecule has 4 rings (SSSR count). The minimum atomic E-state index is -0.345. The Morgan fingerprint density at radius 2 is 1.77 bits per heavy atom. The minimum absolute atomic E-state index is 0.121. The summed E-state index contributed by atoms with van der Waals surface area (Å²) in [6.07, 6.45) is 1.54. The zero-order valence-electron chi connectivity index (χ0n) is 19.1. The van der Waals surface area contributed by atoms with Gasteiger partial charge in [0, 0.05) is 16.5 Å². The van der Waals surface area contributed by atoms with Crippen molar-refractivity contribution in [3.05, 3.63) is 88.4 Å². The molecule has 3 aromatic carbocycles. The monoisotopic (exact) mass is 528 g/mol. The van der Waals surface area contributed by atoms with Crippen LogP contribution in [0.25, 0.3) is 0 Å². The molecule has 0 bridgehead atoms. The Kier molecular flexibility index (Phi) is 9.22. The molecule has 0 spiro atoms. The Morgan fingerprint density at radius 1 is 1.03 bits per heavy atom. The standard InChI is InChI=1S/C26H25ClN2O4S2/c1-31-24-14-19(4-11-23(24)33-16-18-2-7-21(27)8-3-18)15-28-29-25(30)17-32-22-9-5-20(6-10-22)26-34-12-13-35-26/h2-11,14-15,26H,12-13,16-17H2,1H3,(H,29,30)/b28-15-. The molecule has 35 heavy (non-hydrogen) atoms. The van der Waals surface area contributed by atoms with Gasteiger partial charge in [0.2, 0.25) is 0 Å². The van der Waals surface area contributed by atoms with Crippen LogP contribution in [0.3, 0.4) is 0 Å². The predicted molar refractivity (Wildman–Crippen MR) is 144 cm³/mol. The van der Waals surface area contributed by atoms with E-state index < -0.39 is 0 Å². The number of thioether (sulfide) groups is 2. The van der Waals surface area contributed by atoms with Crippen molar-refractivity contribution >= 4 is 47.2 Å². The third-order valence-corrected chi connectivity index (χ3v) is 8.40. The lowest BCUT2D eigenvalue weighted by molar-refractivity contribution is -0.123. The molecule has 1 aliphatic heterocycles. The molecule has 9 heteroatoms. The van der Waals surface area contributed by atoms with Crippen molar-refractivity contribution in [2.75, 3.05) is 25.2 Å². The van der Waals surface area contributed by atoms with Crippen LogP contribution in [0.1, 0.15) is 21.3 Å². The molecule has 0 unspecified atom stereocenters. The SMILES string of the molecule is COc1cc(/C=N\NC(=O)COc2ccc(C3SCCS3)cc2)ccc1OCc1ccc(Cl)cc1. The van der Waals surface area contributed by atoms with Gasteiger partial charge in [0.1, 0.15) is 12.4 Å². The Hall–Kier alpha value is -2.81. The fourth-order valence-corrected chi connectivity index (χ4v) is 6.24. The van der Waals surface area contributed by atoms with E-state index in [1.807, 2.05) is 66.0 Å². The predicted octanol–water partition coefficient (Wildman–Crippen LogP) is 5.94. The number of hydrogen-bond acceptors (Lipinski definition) is 7. The van der Waals surface area contributed by atoms with Crippen molar-refractivity contribution in [3.8, 4) is 17.2 Å². The Balaban J connectivity index is 1.24. The molecule has 1 heterocycles. The number of carbonyl (C=O) groups is 1. The highest BCUT2D eigenvalue weighted by molar-refractivity contribution is 8.19. The highest BCUT2D eigenvalue weighted by Gasteiger charge is 2.18. The maximum atomic E-state index is 12.1. The average Bonchev–Trinajstić information content (AvgIpc) is 3.43. The number of nitrogens with zero attached hydrogens (tertiary/aromatic N) is 1. The molecule has 1 aliphatic rings. The first-order chi connectivity index (χ1) is 17.1. The number of rotatable bonds is 10. The van der Waals surface area contributed by atoms with E-state index in [4.69, 9.17) is 25.8 Å². The van der Waals surface area contributed by atoms with Crippen LogP contribution in [-0.2, 0) is 11.4 Å². The topological polar surface area (TPSA) is 69.2 Å². The lowest BCUT2D eigenvalue weighted by atomic mass is 10.2. The number of amides is 1. The number of nitrogens with one attached hydrogen (secondary N) is 1. The summed E-state index contributed by atoms with van der Waals surface area (Å²) in [6, 6.07) is 20.8. The zero-order chi connectivity index (χ0) is 24.5. The molecule has 0 aliphatic carbocycles. The normalized spacial score (nSPS) is 13.7. The van der Waals surface area contributed by atoms with Crippen LogP contribution in [0.4, 0.5) is 0 Å². The molecule has 0 aromatic heterocycles. The summed E-state index contributed by atoms with van der Waals surface area (Å²) >= 11 is 9.83. The van der Waals surface area contributed by atoms with Crippen molar-refractivity contribution < 1.29 is 19.0 Å². The van der Waals surface area contributed by atoms with E-state index in [0.717, 1.165) is 11.1 Å². The summed E-state index contributed by atoms with van der Waals surface area (Å²) in [5.74, 6) is 3.84. The van der Waals surface area contributed by atoms with Crippen molar-refractivity contribution in [3.63, 3.8) is 0 Å². The first-order valence-electron chi connectivity index (χ1n) is 10.9. The van der Waals surface area contributed by atoms with E-state index in [1.54, 1.807) is 19.2 Å². The van der Waals surface area contributed by atoms with Gasteiger partial charge < -0.3 is 14.2 Å². The molecule has 3 aromatic rings. The smallest absolute Gasteiger partial charge is 0.277 e. The molecule has 0 saturated carbocycles. The van der Waals surface area contributed by atoms with Gasteiger partial charge in [-0.3, -0.25) is 4.79 Å². The number of carbonyl (C=O) groups excluding carboxylic acids is 1. The summed E-state index contributed by atoms with van der Waals surface area (Å²) in [7, 11) is 1.57. The van der Waals surface area contributed by atoms with Crippen molar-refractivity contribution in [1.29, 1.82) is 0 Å². The summed E-state index contributed by atoms with van der Waals surface area (Å²) in [4.78, 5) is 12.1. The van der Waals surface area contributed by atoms with E-state index in [2.05, 4.69) is 22.7 Å². The van der Waals surface area contributed by atoms with Gasteiger partial charge in [0.15, 0.2) is 18.1 Å². The quantitative estimate of drug-likeness (QED) is 0.259. The fraction of sp³-hybridized carbons (Fsp3) is 0.231. The van der Waals surface area contributed by atoms with Crippen LogP contribution in [0.2, 0.25) is 5.02 Å². The summed E-state index contributed by atoms with van der Waals surface area (Å²) in [5.41, 5.74) is 5.50. The van der Waals surface area contributed by atoms with E-state index in [0.29, 0.717) is 33.5 Å². The van der Waals surface area contributed by atoms with Crippen LogP contribution in [0, 0.1) is 0 Å². The van der Waals surface area contributed by atoms with Gasteiger partial charge in [-0.05, 0) is 59.2 Å². The van der Waals surface area contributed by atoms with Crippen LogP contribution >= 0.6 is 35.1 Å². The molecule has 1 saturated heterocycles. The number of hydrogen-bond donors (Lipinski definition) is 1. The Bertz CT molecular complexity index is 1150. The van der Waals surface area contributed by atoms with Gasteiger partial charge in [-0.25, -0.2) is 5.43 Å². The number of benzene rings is 3. The molecular weight excluding hydrogens is 504 g/mol. The molecule has 6 nitrogen and oxygen atoms in total. The van der Waals surface area contributed by atoms with Gasteiger partial charge in [-0.1, -0.05) is 35.9 Å². The molecular formula is C26H25ClN2O4S2. The fourth-order valence-electron chi connectivity index (χ4n) is 3.26. The van der Waals surface area contributed by atoms with E-state index in [-0.39, 0.29) is 12.5 Å². The van der Waals surface area contributed by atoms with E-state index >= 15 is 0 Å². The highest BCUT2D eigenvalue weighted by atomic mass is 35.5. The minimum Gasteiger partial charge on any atom is -0.493 e. The number of ether oxygens (including phenoxy) is 3. The average molecular weight is 529 g/mol. The summed E-state index contributed by atoms with van der Waals surface area (Å²) in [5, 5.41) is 4.69.